The number of amides is 1. The molecular weight excluding hydrogens is 357 g/mol. The molecule has 0 unspecified atom stereocenters. The van der Waals surface area contributed by atoms with E-state index in [9.17, 15) is 4.79 Å². The minimum atomic E-state index is -0.235. The molecule has 0 aliphatic carbocycles. The quantitative estimate of drug-likeness (QED) is 0.857. The second-order valence-electron chi connectivity index (χ2n) is 5.99. The van der Waals surface area contributed by atoms with E-state index in [1.54, 1.807) is 24.3 Å². The zero-order valence-electron chi connectivity index (χ0n) is 14.1. The zero-order chi connectivity index (χ0) is 17.8. The minimum Gasteiger partial charge on any atom is -0.366 e. The molecule has 3 rings (SSSR count). The van der Waals surface area contributed by atoms with Crippen LogP contribution in [0.1, 0.15) is 17.3 Å². The fourth-order valence-corrected chi connectivity index (χ4v) is 3.58. The van der Waals surface area contributed by atoms with Crippen molar-refractivity contribution in [2.75, 3.05) is 42.9 Å². The van der Waals surface area contributed by atoms with Crippen molar-refractivity contribution >= 4 is 40.5 Å². The number of nitrogens with one attached hydrogen (secondary N) is 1. The number of nitrogens with zero attached hydrogens (tertiary/aromatic N) is 2. The number of hydrogen-bond acceptors (Lipinski definition) is 3. The van der Waals surface area contributed by atoms with Crippen molar-refractivity contribution < 1.29 is 4.79 Å². The van der Waals surface area contributed by atoms with Gasteiger partial charge in [-0.15, -0.1) is 0 Å². The normalized spacial score (nSPS) is 15.2. The molecule has 0 radical (unpaired) electrons. The molecule has 0 atom stereocenters. The second-order valence-corrected chi connectivity index (χ2v) is 6.81. The summed E-state index contributed by atoms with van der Waals surface area (Å²) in [6.07, 6.45) is 0. The summed E-state index contributed by atoms with van der Waals surface area (Å²) in [5.74, 6) is -0.235. The number of rotatable bonds is 4. The predicted octanol–water partition coefficient (Wildman–Crippen LogP) is 4.39. The van der Waals surface area contributed by atoms with Gasteiger partial charge >= 0.3 is 0 Å². The third-order valence-electron chi connectivity index (χ3n) is 4.49. The number of carbonyl (C=O) groups is 1. The van der Waals surface area contributed by atoms with E-state index in [2.05, 4.69) is 22.0 Å². The predicted molar refractivity (Wildman–Crippen MR) is 105 cm³/mol. The third-order valence-corrected chi connectivity index (χ3v) is 5.12. The van der Waals surface area contributed by atoms with Gasteiger partial charge in [-0.05, 0) is 30.8 Å². The van der Waals surface area contributed by atoms with E-state index in [1.807, 2.05) is 18.2 Å². The van der Waals surface area contributed by atoms with Crippen LogP contribution in [-0.4, -0.2) is 43.5 Å². The number of anilines is 2. The largest absolute Gasteiger partial charge is 0.366 e. The van der Waals surface area contributed by atoms with Crippen molar-refractivity contribution in [2.45, 2.75) is 6.92 Å². The molecule has 0 bridgehead atoms. The number of likely N-dealkylation sites (N-methyl/N-ethyl adjacent to an activating group) is 1. The van der Waals surface area contributed by atoms with Crippen molar-refractivity contribution in [1.82, 2.24) is 4.90 Å². The first-order valence-electron chi connectivity index (χ1n) is 8.42. The lowest BCUT2D eigenvalue weighted by Gasteiger charge is -2.36. The maximum atomic E-state index is 12.6. The molecule has 0 saturated carbocycles. The third kappa shape index (κ3) is 4.09. The van der Waals surface area contributed by atoms with Gasteiger partial charge in [0.2, 0.25) is 0 Å². The summed E-state index contributed by atoms with van der Waals surface area (Å²) in [5, 5.41) is 4.04. The van der Waals surface area contributed by atoms with Crippen LogP contribution in [0.25, 0.3) is 0 Å². The van der Waals surface area contributed by atoms with Crippen LogP contribution in [0.5, 0.6) is 0 Å². The van der Waals surface area contributed by atoms with Gasteiger partial charge in [0.25, 0.3) is 5.91 Å². The fraction of sp³-hybridized carbons (Fsp3) is 0.316. The van der Waals surface area contributed by atoms with Crippen molar-refractivity contribution in [2.24, 2.45) is 0 Å². The highest BCUT2D eigenvalue weighted by Crippen LogP contribution is 2.35. The summed E-state index contributed by atoms with van der Waals surface area (Å²) in [5.41, 5.74) is 2.04. The first kappa shape index (κ1) is 18.1. The van der Waals surface area contributed by atoms with Crippen LogP contribution in [0.3, 0.4) is 0 Å². The Balaban J connectivity index is 1.84. The van der Waals surface area contributed by atoms with Gasteiger partial charge in [-0.25, -0.2) is 0 Å². The first-order valence-corrected chi connectivity index (χ1v) is 9.17. The lowest BCUT2D eigenvalue weighted by molar-refractivity contribution is 0.102. The summed E-state index contributed by atoms with van der Waals surface area (Å²) < 4.78 is 0. The van der Waals surface area contributed by atoms with Crippen molar-refractivity contribution in [3.8, 4) is 0 Å². The number of hydrogen-bond donors (Lipinski definition) is 1. The molecule has 1 N–H and O–H groups in total. The summed E-state index contributed by atoms with van der Waals surface area (Å²) in [6.45, 7) is 6.95. The summed E-state index contributed by atoms with van der Waals surface area (Å²) in [7, 11) is 0. The number of piperazine rings is 1. The van der Waals surface area contributed by atoms with E-state index < -0.39 is 0 Å². The van der Waals surface area contributed by atoms with Crippen LogP contribution in [0.2, 0.25) is 10.0 Å². The van der Waals surface area contributed by atoms with Crippen LogP contribution in [0.4, 0.5) is 11.4 Å². The fourth-order valence-electron chi connectivity index (χ4n) is 3.06. The van der Waals surface area contributed by atoms with Crippen molar-refractivity contribution in [1.29, 1.82) is 0 Å². The Labute approximate surface area is 158 Å². The molecule has 1 aliphatic rings. The van der Waals surface area contributed by atoms with Gasteiger partial charge in [0.15, 0.2) is 0 Å². The molecule has 0 aromatic heterocycles. The number of benzene rings is 2. The van der Waals surface area contributed by atoms with Crippen LogP contribution in [0, 0.1) is 0 Å². The molecular formula is C19H21Cl2N3O. The van der Waals surface area contributed by atoms with E-state index in [0.29, 0.717) is 21.3 Å². The van der Waals surface area contributed by atoms with E-state index in [1.165, 1.54) is 0 Å². The Hall–Kier alpha value is -1.75. The number of halogens is 2. The molecule has 1 saturated heterocycles. The van der Waals surface area contributed by atoms with Crippen molar-refractivity contribution in [3.05, 3.63) is 58.1 Å². The molecule has 2 aromatic carbocycles. The molecule has 1 aliphatic heterocycles. The highest BCUT2D eigenvalue weighted by atomic mass is 35.5. The minimum absolute atomic E-state index is 0.235. The highest BCUT2D eigenvalue weighted by Gasteiger charge is 2.22. The molecule has 1 amide bonds. The Morgan fingerprint density at radius 2 is 1.68 bits per heavy atom. The van der Waals surface area contributed by atoms with E-state index in [4.69, 9.17) is 23.2 Å². The van der Waals surface area contributed by atoms with Crippen LogP contribution < -0.4 is 10.2 Å². The van der Waals surface area contributed by atoms with Crippen LogP contribution in [-0.2, 0) is 0 Å². The number of carbonyl (C=O) groups excluding carboxylic acids is 1. The standard InChI is InChI=1S/C19H21Cl2N3O/c1-2-23-10-12-24(13-11-23)18-16(21)8-5-9-17(18)22-19(25)14-6-3-4-7-15(14)20/h3-9H,2,10-13H2,1H3,(H,22,25). The van der Waals surface area contributed by atoms with E-state index >= 15 is 0 Å². The zero-order valence-corrected chi connectivity index (χ0v) is 15.6. The van der Waals surface area contributed by atoms with Gasteiger partial charge in [-0.1, -0.05) is 48.3 Å². The smallest absolute Gasteiger partial charge is 0.257 e. The molecule has 6 heteroatoms. The molecule has 132 valence electrons. The maximum absolute atomic E-state index is 12.6. The van der Waals surface area contributed by atoms with Crippen LogP contribution in [0.15, 0.2) is 42.5 Å². The topological polar surface area (TPSA) is 35.6 Å². The van der Waals surface area contributed by atoms with Gasteiger partial charge in [0, 0.05) is 26.2 Å². The summed E-state index contributed by atoms with van der Waals surface area (Å²) >= 11 is 12.6. The second kappa shape index (κ2) is 8.09. The summed E-state index contributed by atoms with van der Waals surface area (Å²) in [4.78, 5) is 17.2. The molecule has 1 heterocycles. The molecule has 1 fully saturated rings. The molecule has 25 heavy (non-hydrogen) atoms. The maximum Gasteiger partial charge on any atom is 0.257 e. The summed E-state index contributed by atoms with van der Waals surface area (Å²) in [6, 6.07) is 12.6. The lowest BCUT2D eigenvalue weighted by atomic mass is 10.1. The van der Waals surface area contributed by atoms with E-state index in [0.717, 1.165) is 38.4 Å². The van der Waals surface area contributed by atoms with Gasteiger partial charge < -0.3 is 15.1 Å². The van der Waals surface area contributed by atoms with Crippen LogP contribution >= 0.6 is 23.2 Å². The van der Waals surface area contributed by atoms with E-state index in [-0.39, 0.29) is 5.91 Å². The average molecular weight is 378 g/mol. The highest BCUT2D eigenvalue weighted by molar-refractivity contribution is 6.35. The molecule has 2 aromatic rings. The number of para-hydroxylation sites is 1. The van der Waals surface area contributed by atoms with Gasteiger partial charge in [0.05, 0.1) is 27.0 Å². The lowest BCUT2D eigenvalue weighted by Crippen LogP contribution is -2.46. The Kier molecular flexibility index (Phi) is 5.84. The first-order chi connectivity index (χ1) is 12.1. The Morgan fingerprint density at radius 1 is 1.00 bits per heavy atom. The van der Waals surface area contributed by atoms with Crippen molar-refractivity contribution in [3.63, 3.8) is 0 Å². The van der Waals surface area contributed by atoms with Gasteiger partial charge in [0.1, 0.15) is 0 Å². The van der Waals surface area contributed by atoms with Gasteiger partial charge in [-0.2, -0.15) is 0 Å². The Morgan fingerprint density at radius 3 is 2.36 bits per heavy atom. The molecule has 4 nitrogen and oxygen atoms in total. The Bertz CT molecular complexity index is 758. The van der Waals surface area contributed by atoms with Gasteiger partial charge in [-0.3, -0.25) is 4.79 Å². The molecule has 0 spiro atoms. The SMILES string of the molecule is CCN1CCN(c2c(Cl)cccc2NC(=O)c2ccccc2Cl)CC1. The monoisotopic (exact) mass is 377 g/mol. The average Bonchev–Trinajstić information content (AvgIpc) is 2.62.